The Balaban J connectivity index is 1.78. The first-order valence-electron chi connectivity index (χ1n) is 5.73. The van der Waals surface area contributed by atoms with E-state index in [4.69, 9.17) is 4.74 Å². The van der Waals surface area contributed by atoms with Crippen molar-refractivity contribution in [2.45, 2.75) is 39.0 Å². The molecule has 0 unspecified atom stereocenters. The molecule has 2 heteroatoms. The van der Waals surface area contributed by atoms with E-state index in [-0.39, 0.29) is 0 Å². The number of unbranched alkanes of at least 4 members (excludes halogenated alkanes) is 1. The van der Waals surface area contributed by atoms with Crippen LogP contribution in [0.2, 0.25) is 0 Å². The lowest BCUT2D eigenvalue weighted by Gasteiger charge is -2.13. The fraction of sp³-hybridized carbons (Fsp3) is 1.00. The summed E-state index contributed by atoms with van der Waals surface area (Å²) in [6, 6.07) is 0. The zero-order chi connectivity index (χ0) is 9.36. The molecular weight excluding hydrogens is 162 g/mol. The van der Waals surface area contributed by atoms with Crippen LogP contribution in [0.1, 0.15) is 39.0 Å². The van der Waals surface area contributed by atoms with Crippen molar-refractivity contribution in [1.82, 2.24) is 4.90 Å². The van der Waals surface area contributed by atoms with Crippen LogP contribution in [-0.4, -0.2) is 37.7 Å². The van der Waals surface area contributed by atoms with Crippen molar-refractivity contribution in [2.24, 2.45) is 0 Å². The van der Waals surface area contributed by atoms with Gasteiger partial charge in [-0.15, -0.1) is 0 Å². The number of hydrogen-bond donors (Lipinski definition) is 0. The summed E-state index contributed by atoms with van der Waals surface area (Å²) in [5.74, 6) is 0. The first kappa shape index (κ1) is 11.0. The Labute approximate surface area is 82.3 Å². The minimum Gasteiger partial charge on any atom is -0.381 e. The normalized spacial score (nSPS) is 18.2. The van der Waals surface area contributed by atoms with E-state index in [0.29, 0.717) is 0 Å². The van der Waals surface area contributed by atoms with Crippen LogP contribution in [0.3, 0.4) is 0 Å². The van der Waals surface area contributed by atoms with Gasteiger partial charge in [0.15, 0.2) is 0 Å². The van der Waals surface area contributed by atoms with Crippen LogP contribution in [0.25, 0.3) is 0 Å². The summed E-state index contributed by atoms with van der Waals surface area (Å²) >= 11 is 0. The molecule has 13 heavy (non-hydrogen) atoms. The number of hydrogen-bond acceptors (Lipinski definition) is 2. The topological polar surface area (TPSA) is 12.5 Å². The summed E-state index contributed by atoms with van der Waals surface area (Å²) in [6.07, 6.45) is 6.50. The lowest BCUT2D eigenvalue weighted by molar-refractivity contribution is 0.128. The standard InChI is InChI=1S/C11H23NO/c1-2-10-13-11-6-5-9-12-7-3-4-8-12/h2-11H2,1H3. The first-order chi connectivity index (χ1) is 6.43. The Bertz CT molecular complexity index is 111. The molecule has 0 aliphatic carbocycles. The third kappa shape index (κ3) is 5.27. The first-order valence-corrected chi connectivity index (χ1v) is 5.73. The quantitative estimate of drug-likeness (QED) is 0.564. The summed E-state index contributed by atoms with van der Waals surface area (Å²) in [4.78, 5) is 2.57. The average Bonchev–Trinajstić information content (AvgIpc) is 2.63. The molecule has 0 saturated carbocycles. The molecule has 0 aromatic rings. The van der Waals surface area contributed by atoms with Crippen molar-refractivity contribution < 1.29 is 4.74 Å². The van der Waals surface area contributed by atoms with E-state index in [0.717, 1.165) is 19.6 Å². The average molecular weight is 185 g/mol. The maximum atomic E-state index is 5.43. The van der Waals surface area contributed by atoms with Crippen molar-refractivity contribution in [3.05, 3.63) is 0 Å². The molecule has 1 aliphatic rings. The van der Waals surface area contributed by atoms with E-state index in [2.05, 4.69) is 11.8 Å². The minimum atomic E-state index is 0.934. The molecule has 1 fully saturated rings. The van der Waals surface area contributed by atoms with E-state index < -0.39 is 0 Å². The smallest absolute Gasteiger partial charge is 0.0466 e. The lowest BCUT2D eigenvalue weighted by atomic mass is 10.3. The maximum absolute atomic E-state index is 5.43. The van der Waals surface area contributed by atoms with Gasteiger partial charge in [-0.3, -0.25) is 0 Å². The SMILES string of the molecule is CCCOCCCCN1CCCC1. The second-order valence-corrected chi connectivity index (χ2v) is 3.87. The molecule has 1 heterocycles. The van der Waals surface area contributed by atoms with Gasteiger partial charge in [0.05, 0.1) is 0 Å². The predicted octanol–water partition coefficient (Wildman–Crippen LogP) is 2.29. The highest BCUT2D eigenvalue weighted by atomic mass is 16.5. The molecule has 0 aromatic carbocycles. The van der Waals surface area contributed by atoms with Crippen molar-refractivity contribution in [3.63, 3.8) is 0 Å². The largest absolute Gasteiger partial charge is 0.381 e. The maximum Gasteiger partial charge on any atom is 0.0466 e. The number of nitrogens with zero attached hydrogens (tertiary/aromatic N) is 1. The highest BCUT2D eigenvalue weighted by molar-refractivity contribution is 4.65. The van der Waals surface area contributed by atoms with Gasteiger partial charge in [0.1, 0.15) is 0 Å². The van der Waals surface area contributed by atoms with Gasteiger partial charge in [0.2, 0.25) is 0 Å². The molecular formula is C11H23NO. The summed E-state index contributed by atoms with van der Waals surface area (Å²) < 4.78 is 5.43. The van der Waals surface area contributed by atoms with Crippen LogP contribution in [0.15, 0.2) is 0 Å². The van der Waals surface area contributed by atoms with E-state index >= 15 is 0 Å². The van der Waals surface area contributed by atoms with E-state index in [1.54, 1.807) is 0 Å². The summed E-state index contributed by atoms with van der Waals surface area (Å²) in [5, 5.41) is 0. The molecule has 0 bridgehead atoms. The molecule has 2 nitrogen and oxygen atoms in total. The van der Waals surface area contributed by atoms with Gasteiger partial charge in [-0.25, -0.2) is 0 Å². The fourth-order valence-corrected chi connectivity index (χ4v) is 1.79. The van der Waals surface area contributed by atoms with Gasteiger partial charge < -0.3 is 9.64 Å². The van der Waals surface area contributed by atoms with Crippen molar-refractivity contribution in [1.29, 1.82) is 0 Å². The second kappa shape index (κ2) is 7.34. The Morgan fingerprint density at radius 1 is 1.08 bits per heavy atom. The highest BCUT2D eigenvalue weighted by Crippen LogP contribution is 2.08. The zero-order valence-electron chi connectivity index (χ0n) is 8.93. The van der Waals surface area contributed by atoms with Crippen LogP contribution in [0.4, 0.5) is 0 Å². The molecule has 1 saturated heterocycles. The van der Waals surface area contributed by atoms with Crippen LogP contribution in [0, 0.1) is 0 Å². The number of likely N-dealkylation sites (tertiary alicyclic amines) is 1. The molecule has 78 valence electrons. The van der Waals surface area contributed by atoms with Crippen LogP contribution < -0.4 is 0 Å². The molecule has 0 atom stereocenters. The van der Waals surface area contributed by atoms with Crippen LogP contribution in [0.5, 0.6) is 0 Å². The third-order valence-corrected chi connectivity index (χ3v) is 2.56. The highest BCUT2D eigenvalue weighted by Gasteiger charge is 2.09. The fourth-order valence-electron chi connectivity index (χ4n) is 1.79. The van der Waals surface area contributed by atoms with E-state index in [1.165, 1.54) is 45.3 Å². The van der Waals surface area contributed by atoms with Crippen molar-refractivity contribution >= 4 is 0 Å². The molecule has 0 spiro atoms. The van der Waals surface area contributed by atoms with Crippen LogP contribution >= 0.6 is 0 Å². The summed E-state index contributed by atoms with van der Waals surface area (Å²) in [7, 11) is 0. The van der Waals surface area contributed by atoms with Gasteiger partial charge in [0, 0.05) is 13.2 Å². The summed E-state index contributed by atoms with van der Waals surface area (Å²) in [6.45, 7) is 8.00. The molecule has 0 aromatic heterocycles. The summed E-state index contributed by atoms with van der Waals surface area (Å²) in [5.41, 5.74) is 0. The number of ether oxygens (including phenoxy) is 1. The Hall–Kier alpha value is -0.0800. The molecule has 0 N–H and O–H groups in total. The monoisotopic (exact) mass is 185 g/mol. The number of rotatable bonds is 7. The Morgan fingerprint density at radius 2 is 1.85 bits per heavy atom. The molecule has 1 rings (SSSR count). The van der Waals surface area contributed by atoms with Crippen molar-refractivity contribution in [2.75, 3.05) is 32.8 Å². The van der Waals surface area contributed by atoms with E-state index in [1.807, 2.05) is 0 Å². The van der Waals surface area contributed by atoms with Gasteiger partial charge in [-0.2, -0.15) is 0 Å². The van der Waals surface area contributed by atoms with E-state index in [9.17, 15) is 0 Å². The molecule has 1 aliphatic heterocycles. The van der Waals surface area contributed by atoms with Gasteiger partial charge >= 0.3 is 0 Å². The second-order valence-electron chi connectivity index (χ2n) is 3.87. The molecule has 0 amide bonds. The van der Waals surface area contributed by atoms with Gasteiger partial charge in [-0.1, -0.05) is 6.92 Å². The zero-order valence-corrected chi connectivity index (χ0v) is 8.93. The third-order valence-electron chi connectivity index (χ3n) is 2.56. The lowest BCUT2D eigenvalue weighted by Crippen LogP contribution is -2.20. The van der Waals surface area contributed by atoms with Crippen LogP contribution in [-0.2, 0) is 4.74 Å². The van der Waals surface area contributed by atoms with Crippen molar-refractivity contribution in [3.8, 4) is 0 Å². The Morgan fingerprint density at radius 3 is 2.54 bits per heavy atom. The van der Waals surface area contributed by atoms with Gasteiger partial charge in [0.25, 0.3) is 0 Å². The van der Waals surface area contributed by atoms with Gasteiger partial charge in [-0.05, 0) is 51.7 Å². The minimum absolute atomic E-state index is 0.934. The Kier molecular flexibility index (Phi) is 6.21. The molecule has 0 radical (unpaired) electrons. The predicted molar refractivity (Wildman–Crippen MR) is 56.0 cm³/mol.